The molecule has 2 unspecified atom stereocenters. The molecule has 3 heteroatoms. The molecule has 0 aromatic rings. The molecule has 1 heterocycles. The largest absolute Gasteiger partial charge is 0.378 e. The number of allylic oxidation sites excluding steroid dienone is 2. The normalized spacial score (nSPS) is 23.2. The van der Waals surface area contributed by atoms with E-state index < -0.39 is 0 Å². The van der Waals surface area contributed by atoms with Gasteiger partial charge in [0.25, 0.3) is 5.91 Å². The van der Waals surface area contributed by atoms with E-state index in [0.29, 0.717) is 6.04 Å². The molecule has 0 N–H and O–H groups in total. The average molecular weight is 290 g/mol. The summed E-state index contributed by atoms with van der Waals surface area (Å²) in [5.74, 6) is 0.122. The molecule has 21 heavy (non-hydrogen) atoms. The second kappa shape index (κ2) is 7.58. The Labute approximate surface area is 129 Å². The second-order valence-electron chi connectivity index (χ2n) is 6.15. The zero-order chi connectivity index (χ0) is 16.2. The van der Waals surface area contributed by atoms with Gasteiger partial charge >= 0.3 is 0 Å². The van der Waals surface area contributed by atoms with E-state index in [9.17, 15) is 4.79 Å². The standard InChI is InChI=1S/C18H30N2O/c1-8-10-16-15(6)17(18(21)19-16)14(5)12(3)11-20(7)13(4)9-2/h11,13,15H,8-10H2,1-7H3/b12-11+,17-14+. The first-order valence-electron chi connectivity index (χ1n) is 8.06. The van der Waals surface area contributed by atoms with Crippen molar-refractivity contribution in [3.8, 4) is 0 Å². The number of aliphatic imine (C=N–C) groups is 1. The number of amides is 1. The van der Waals surface area contributed by atoms with Gasteiger partial charge in [-0.1, -0.05) is 27.2 Å². The maximum Gasteiger partial charge on any atom is 0.273 e. The van der Waals surface area contributed by atoms with E-state index in [1.165, 1.54) is 0 Å². The van der Waals surface area contributed by atoms with Crippen molar-refractivity contribution in [3.63, 3.8) is 0 Å². The van der Waals surface area contributed by atoms with Gasteiger partial charge in [-0.05, 0) is 44.8 Å². The lowest BCUT2D eigenvalue weighted by molar-refractivity contribution is -0.114. The molecule has 0 aromatic carbocycles. The van der Waals surface area contributed by atoms with Gasteiger partial charge in [0.2, 0.25) is 0 Å². The summed E-state index contributed by atoms with van der Waals surface area (Å²) >= 11 is 0. The van der Waals surface area contributed by atoms with Crippen LogP contribution in [-0.2, 0) is 4.79 Å². The van der Waals surface area contributed by atoms with Crippen molar-refractivity contribution >= 4 is 11.6 Å². The van der Waals surface area contributed by atoms with Gasteiger partial charge in [-0.15, -0.1) is 0 Å². The van der Waals surface area contributed by atoms with Crippen molar-refractivity contribution in [2.45, 2.75) is 66.8 Å². The lowest BCUT2D eigenvalue weighted by Gasteiger charge is -2.23. The van der Waals surface area contributed by atoms with Crippen molar-refractivity contribution in [3.05, 3.63) is 22.9 Å². The van der Waals surface area contributed by atoms with Gasteiger partial charge in [0.05, 0.1) is 0 Å². The molecule has 1 aliphatic heterocycles. The van der Waals surface area contributed by atoms with E-state index in [1.54, 1.807) is 0 Å². The molecule has 2 atom stereocenters. The Kier molecular flexibility index (Phi) is 6.38. The van der Waals surface area contributed by atoms with E-state index in [0.717, 1.165) is 41.7 Å². The Morgan fingerprint density at radius 3 is 2.52 bits per heavy atom. The third kappa shape index (κ3) is 4.05. The Balaban J connectivity index is 3.03. The summed E-state index contributed by atoms with van der Waals surface area (Å²) in [7, 11) is 2.09. The van der Waals surface area contributed by atoms with E-state index >= 15 is 0 Å². The second-order valence-corrected chi connectivity index (χ2v) is 6.15. The average Bonchev–Trinajstić information content (AvgIpc) is 2.72. The van der Waals surface area contributed by atoms with Crippen molar-refractivity contribution in [1.82, 2.24) is 4.90 Å². The first-order valence-corrected chi connectivity index (χ1v) is 8.06. The molecule has 3 nitrogen and oxygen atoms in total. The van der Waals surface area contributed by atoms with E-state index in [4.69, 9.17) is 0 Å². The summed E-state index contributed by atoms with van der Waals surface area (Å²) in [6.07, 6.45) is 5.21. The predicted molar refractivity (Wildman–Crippen MR) is 90.5 cm³/mol. The summed E-state index contributed by atoms with van der Waals surface area (Å²) < 4.78 is 0. The Morgan fingerprint density at radius 2 is 2.00 bits per heavy atom. The molecule has 0 aliphatic carbocycles. The minimum absolute atomic E-state index is 0.0395. The first kappa shape index (κ1) is 17.7. The summed E-state index contributed by atoms with van der Waals surface area (Å²) in [4.78, 5) is 18.7. The molecule has 0 aromatic heterocycles. The van der Waals surface area contributed by atoms with Crippen molar-refractivity contribution in [2.75, 3.05) is 7.05 Å². The van der Waals surface area contributed by atoms with Crippen LogP contribution in [0.1, 0.15) is 60.8 Å². The van der Waals surface area contributed by atoms with Gasteiger partial charge in [-0.3, -0.25) is 4.79 Å². The van der Waals surface area contributed by atoms with Crippen LogP contribution in [0, 0.1) is 5.92 Å². The highest BCUT2D eigenvalue weighted by Crippen LogP contribution is 2.30. The SMILES string of the molecule is CCCC1=NC(=O)/C(=C(C)/C(C)=C/N(C)C(C)CC)C1C. The minimum Gasteiger partial charge on any atom is -0.378 e. The summed E-state index contributed by atoms with van der Waals surface area (Å²) in [5.41, 5.74) is 4.16. The zero-order valence-corrected chi connectivity index (χ0v) is 14.7. The van der Waals surface area contributed by atoms with Crippen molar-refractivity contribution < 1.29 is 4.79 Å². The number of carbonyl (C=O) groups is 1. The first-order chi connectivity index (χ1) is 9.83. The summed E-state index contributed by atoms with van der Waals surface area (Å²) in [5, 5.41) is 0. The molecule has 118 valence electrons. The van der Waals surface area contributed by atoms with Gasteiger partial charge in [-0.25, -0.2) is 4.99 Å². The molecule has 1 amide bonds. The highest BCUT2D eigenvalue weighted by Gasteiger charge is 2.30. The third-order valence-electron chi connectivity index (χ3n) is 4.59. The van der Waals surface area contributed by atoms with Crippen LogP contribution in [0.5, 0.6) is 0 Å². The van der Waals surface area contributed by atoms with Crippen LogP contribution >= 0.6 is 0 Å². The van der Waals surface area contributed by atoms with Gasteiger partial charge in [-0.2, -0.15) is 0 Å². The lowest BCUT2D eigenvalue weighted by atomic mass is 9.90. The highest BCUT2D eigenvalue weighted by molar-refractivity contribution is 6.14. The Bertz CT molecular complexity index is 485. The fourth-order valence-corrected chi connectivity index (χ4v) is 2.68. The van der Waals surface area contributed by atoms with Crippen LogP contribution in [0.2, 0.25) is 0 Å². The molecular formula is C18H30N2O. The number of hydrogen-bond donors (Lipinski definition) is 0. The maximum atomic E-state index is 12.2. The molecule has 1 rings (SSSR count). The predicted octanol–water partition coefficient (Wildman–Crippen LogP) is 4.35. The summed E-state index contributed by atoms with van der Waals surface area (Å²) in [6.45, 7) is 12.7. The number of nitrogens with zero attached hydrogens (tertiary/aromatic N) is 2. The van der Waals surface area contributed by atoms with Crippen molar-refractivity contribution in [2.24, 2.45) is 10.9 Å². The fourth-order valence-electron chi connectivity index (χ4n) is 2.68. The van der Waals surface area contributed by atoms with Gasteiger partial charge in [0.1, 0.15) is 0 Å². The van der Waals surface area contributed by atoms with Crippen LogP contribution in [0.15, 0.2) is 27.9 Å². The van der Waals surface area contributed by atoms with Crippen LogP contribution in [0.4, 0.5) is 0 Å². The monoisotopic (exact) mass is 290 g/mol. The third-order valence-corrected chi connectivity index (χ3v) is 4.59. The molecule has 0 spiro atoms. The van der Waals surface area contributed by atoms with E-state index in [-0.39, 0.29) is 11.8 Å². The highest BCUT2D eigenvalue weighted by atomic mass is 16.1. The van der Waals surface area contributed by atoms with Crippen LogP contribution in [0.25, 0.3) is 0 Å². The molecule has 0 fully saturated rings. The summed E-state index contributed by atoms with van der Waals surface area (Å²) in [6, 6.07) is 0.501. The Morgan fingerprint density at radius 1 is 1.38 bits per heavy atom. The van der Waals surface area contributed by atoms with E-state index in [2.05, 4.69) is 57.8 Å². The number of rotatable bonds is 6. The smallest absolute Gasteiger partial charge is 0.273 e. The number of hydrogen-bond acceptors (Lipinski definition) is 2. The molecule has 0 radical (unpaired) electrons. The quantitative estimate of drug-likeness (QED) is 0.681. The van der Waals surface area contributed by atoms with Crippen LogP contribution < -0.4 is 0 Å². The lowest BCUT2D eigenvalue weighted by Crippen LogP contribution is -2.23. The Hall–Kier alpha value is -1.38. The molecular weight excluding hydrogens is 260 g/mol. The molecule has 1 aliphatic rings. The molecule has 0 saturated carbocycles. The van der Waals surface area contributed by atoms with Crippen molar-refractivity contribution in [1.29, 1.82) is 0 Å². The van der Waals surface area contributed by atoms with Crippen LogP contribution in [0.3, 0.4) is 0 Å². The number of carbonyl (C=O) groups excluding carboxylic acids is 1. The topological polar surface area (TPSA) is 32.7 Å². The van der Waals surface area contributed by atoms with E-state index in [1.807, 2.05) is 6.92 Å². The van der Waals surface area contributed by atoms with Crippen LogP contribution in [-0.4, -0.2) is 29.6 Å². The molecule has 0 saturated heterocycles. The zero-order valence-electron chi connectivity index (χ0n) is 14.7. The molecule has 0 bridgehead atoms. The minimum atomic E-state index is -0.0395. The van der Waals surface area contributed by atoms with Gasteiger partial charge < -0.3 is 4.90 Å². The maximum absolute atomic E-state index is 12.2. The van der Waals surface area contributed by atoms with Gasteiger partial charge in [0.15, 0.2) is 0 Å². The fraction of sp³-hybridized carbons (Fsp3) is 0.667. The van der Waals surface area contributed by atoms with Gasteiger partial charge in [0, 0.05) is 36.5 Å².